The van der Waals surface area contributed by atoms with E-state index in [4.69, 9.17) is 16.3 Å². The van der Waals surface area contributed by atoms with E-state index >= 15 is 0 Å². The van der Waals surface area contributed by atoms with Crippen LogP contribution in [0.25, 0.3) is 0 Å². The van der Waals surface area contributed by atoms with Gasteiger partial charge in [0, 0.05) is 31.6 Å². The number of morpholine rings is 1. The first-order chi connectivity index (χ1) is 9.65. The van der Waals surface area contributed by atoms with Crippen molar-refractivity contribution >= 4 is 17.4 Å². The number of aromatic nitrogens is 2. The number of nitrogens with one attached hydrogen (secondary N) is 1. The maximum absolute atomic E-state index is 6.02. The zero-order valence-corrected chi connectivity index (χ0v) is 13.0. The molecule has 1 aromatic heterocycles. The predicted octanol–water partition coefficient (Wildman–Crippen LogP) is 2.39. The first-order valence-corrected chi connectivity index (χ1v) is 7.61. The Morgan fingerprint density at radius 3 is 2.80 bits per heavy atom. The molecule has 1 N–H and O–H groups in total. The third-order valence-electron chi connectivity index (χ3n) is 3.29. The summed E-state index contributed by atoms with van der Waals surface area (Å²) < 4.78 is 5.34. The highest BCUT2D eigenvalue weighted by molar-refractivity contribution is 6.29. The maximum atomic E-state index is 6.02. The number of nitrogens with zero attached hydrogens (tertiary/aromatic N) is 3. The zero-order valence-electron chi connectivity index (χ0n) is 12.2. The summed E-state index contributed by atoms with van der Waals surface area (Å²) in [6.07, 6.45) is 1.08. The summed E-state index contributed by atoms with van der Waals surface area (Å²) in [5, 5.41) is 3.83. The molecule has 2 rings (SSSR count). The number of hydrogen-bond donors (Lipinski definition) is 1. The fourth-order valence-electron chi connectivity index (χ4n) is 2.13. The highest BCUT2D eigenvalue weighted by atomic mass is 35.5. The van der Waals surface area contributed by atoms with Gasteiger partial charge in [0.2, 0.25) is 0 Å². The maximum Gasteiger partial charge on any atom is 0.135 e. The molecule has 1 aromatic rings. The summed E-state index contributed by atoms with van der Waals surface area (Å²) >= 11 is 6.02. The third kappa shape index (κ3) is 4.89. The van der Waals surface area contributed by atoms with Crippen molar-refractivity contribution in [2.75, 3.05) is 44.7 Å². The van der Waals surface area contributed by atoms with Gasteiger partial charge >= 0.3 is 0 Å². The van der Waals surface area contributed by atoms with Crippen molar-refractivity contribution < 1.29 is 4.74 Å². The lowest BCUT2D eigenvalue weighted by Crippen LogP contribution is -2.37. The van der Waals surface area contributed by atoms with Gasteiger partial charge in [-0.05, 0) is 13.0 Å². The van der Waals surface area contributed by atoms with Gasteiger partial charge < -0.3 is 10.1 Å². The summed E-state index contributed by atoms with van der Waals surface area (Å²) in [6, 6.07) is 1.78. The lowest BCUT2D eigenvalue weighted by Gasteiger charge is -2.26. The van der Waals surface area contributed by atoms with Gasteiger partial charge in [0.15, 0.2) is 0 Å². The molecular weight excluding hydrogens is 276 g/mol. The second-order valence-corrected chi connectivity index (χ2v) is 5.71. The van der Waals surface area contributed by atoms with Gasteiger partial charge in [-0.15, -0.1) is 0 Å². The lowest BCUT2D eigenvalue weighted by molar-refractivity contribution is 0.0378. The van der Waals surface area contributed by atoms with Gasteiger partial charge in [-0.3, -0.25) is 4.90 Å². The third-order valence-corrected chi connectivity index (χ3v) is 3.48. The smallest absolute Gasteiger partial charge is 0.135 e. The van der Waals surface area contributed by atoms with Crippen LogP contribution in [-0.4, -0.2) is 54.3 Å². The summed E-state index contributed by atoms with van der Waals surface area (Å²) in [5.41, 5.74) is 0. The molecule has 112 valence electrons. The monoisotopic (exact) mass is 298 g/mol. The Bertz CT molecular complexity index is 422. The van der Waals surface area contributed by atoms with Gasteiger partial charge in [0.25, 0.3) is 0 Å². The van der Waals surface area contributed by atoms with Crippen molar-refractivity contribution in [1.29, 1.82) is 0 Å². The Hall–Kier alpha value is -0.910. The van der Waals surface area contributed by atoms with E-state index in [0.717, 1.165) is 57.5 Å². The molecule has 0 saturated carbocycles. The first-order valence-electron chi connectivity index (χ1n) is 7.23. The normalized spacial score (nSPS) is 16.6. The van der Waals surface area contributed by atoms with Gasteiger partial charge in [-0.1, -0.05) is 25.4 Å². The molecular formula is C14H23ClN4O. The molecule has 0 bridgehead atoms. The van der Waals surface area contributed by atoms with Crippen molar-refractivity contribution in [3.8, 4) is 0 Å². The van der Waals surface area contributed by atoms with Crippen LogP contribution >= 0.6 is 11.6 Å². The van der Waals surface area contributed by atoms with Gasteiger partial charge in [-0.25, -0.2) is 9.97 Å². The number of halogens is 1. The number of ether oxygens (including phenoxy) is 1. The minimum Gasteiger partial charge on any atom is -0.379 e. The predicted molar refractivity (Wildman–Crippen MR) is 81.5 cm³/mol. The standard InChI is InChI=1S/C14H23ClN4O/c1-11(2)14-17-12(15)10-13(18-14)16-4-3-5-19-6-8-20-9-7-19/h10-11H,3-9H2,1-2H3,(H,16,17,18). The second-order valence-electron chi connectivity index (χ2n) is 5.32. The summed E-state index contributed by atoms with van der Waals surface area (Å²) in [6.45, 7) is 9.89. The molecule has 0 spiro atoms. The molecule has 1 aliphatic heterocycles. The summed E-state index contributed by atoms with van der Waals surface area (Å²) in [5.74, 6) is 1.88. The highest BCUT2D eigenvalue weighted by Crippen LogP contribution is 2.16. The lowest BCUT2D eigenvalue weighted by atomic mass is 10.2. The second kappa shape index (κ2) is 7.76. The van der Waals surface area contributed by atoms with Crippen LogP contribution in [0.3, 0.4) is 0 Å². The van der Waals surface area contributed by atoms with E-state index < -0.39 is 0 Å². The Labute approximate surface area is 125 Å². The largest absolute Gasteiger partial charge is 0.379 e. The van der Waals surface area contributed by atoms with Crippen molar-refractivity contribution in [2.24, 2.45) is 0 Å². The van der Waals surface area contributed by atoms with Crippen molar-refractivity contribution in [3.05, 3.63) is 17.0 Å². The summed E-state index contributed by atoms with van der Waals surface area (Å²) in [7, 11) is 0. The van der Waals surface area contributed by atoms with E-state index in [0.29, 0.717) is 5.15 Å². The minimum atomic E-state index is 0.280. The molecule has 0 unspecified atom stereocenters. The van der Waals surface area contributed by atoms with E-state index in [1.165, 1.54) is 0 Å². The van der Waals surface area contributed by atoms with Crippen LogP contribution in [0.4, 0.5) is 5.82 Å². The van der Waals surface area contributed by atoms with Crippen LogP contribution in [0.5, 0.6) is 0 Å². The molecule has 6 heteroatoms. The quantitative estimate of drug-likeness (QED) is 0.645. The molecule has 20 heavy (non-hydrogen) atoms. The Morgan fingerprint density at radius 1 is 1.35 bits per heavy atom. The topological polar surface area (TPSA) is 50.3 Å². The SMILES string of the molecule is CC(C)c1nc(Cl)cc(NCCCN2CCOCC2)n1. The van der Waals surface area contributed by atoms with Gasteiger partial charge in [-0.2, -0.15) is 0 Å². The first kappa shape index (κ1) is 15.5. The average Bonchev–Trinajstić information content (AvgIpc) is 2.44. The van der Waals surface area contributed by atoms with Gasteiger partial charge in [0.1, 0.15) is 16.8 Å². The zero-order chi connectivity index (χ0) is 14.4. The molecule has 1 fully saturated rings. The summed E-state index contributed by atoms with van der Waals surface area (Å²) in [4.78, 5) is 11.1. The molecule has 0 atom stereocenters. The van der Waals surface area contributed by atoms with Crippen LogP contribution in [-0.2, 0) is 4.74 Å². The van der Waals surface area contributed by atoms with Crippen LogP contribution in [0.15, 0.2) is 6.07 Å². The van der Waals surface area contributed by atoms with Crippen LogP contribution in [0.1, 0.15) is 32.0 Å². The van der Waals surface area contributed by atoms with E-state index in [9.17, 15) is 0 Å². The van der Waals surface area contributed by atoms with E-state index in [1.54, 1.807) is 6.07 Å². The van der Waals surface area contributed by atoms with Crippen molar-refractivity contribution in [1.82, 2.24) is 14.9 Å². The molecule has 0 aromatic carbocycles. The molecule has 2 heterocycles. The molecule has 1 saturated heterocycles. The number of rotatable bonds is 6. The van der Waals surface area contributed by atoms with E-state index in [1.807, 2.05) is 0 Å². The number of anilines is 1. The van der Waals surface area contributed by atoms with Crippen LogP contribution in [0, 0.1) is 0 Å². The fraction of sp³-hybridized carbons (Fsp3) is 0.714. The highest BCUT2D eigenvalue weighted by Gasteiger charge is 2.10. The van der Waals surface area contributed by atoms with Gasteiger partial charge in [0.05, 0.1) is 13.2 Å². The minimum absolute atomic E-state index is 0.280. The van der Waals surface area contributed by atoms with Crippen LogP contribution < -0.4 is 5.32 Å². The Morgan fingerprint density at radius 2 is 2.10 bits per heavy atom. The van der Waals surface area contributed by atoms with Crippen LogP contribution in [0.2, 0.25) is 5.15 Å². The molecule has 0 aliphatic carbocycles. The van der Waals surface area contributed by atoms with E-state index in [2.05, 4.69) is 34.0 Å². The number of hydrogen-bond acceptors (Lipinski definition) is 5. The molecule has 0 amide bonds. The molecule has 0 radical (unpaired) electrons. The van der Waals surface area contributed by atoms with Crippen molar-refractivity contribution in [2.45, 2.75) is 26.2 Å². The van der Waals surface area contributed by atoms with Crippen molar-refractivity contribution in [3.63, 3.8) is 0 Å². The fourth-order valence-corrected chi connectivity index (χ4v) is 2.32. The Balaban J connectivity index is 1.75. The molecule has 5 nitrogen and oxygen atoms in total. The van der Waals surface area contributed by atoms with E-state index in [-0.39, 0.29) is 5.92 Å². The molecule has 1 aliphatic rings. The Kier molecular flexibility index (Phi) is 6.01. The average molecular weight is 299 g/mol.